The zero-order valence-corrected chi connectivity index (χ0v) is 19.5. The van der Waals surface area contributed by atoms with Gasteiger partial charge < -0.3 is 9.64 Å². The second kappa shape index (κ2) is 8.74. The van der Waals surface area contributed by atoms with Crippen molar-refractivity contribution < 1.29 is 19.1 Å². The number of esters is 1. The minimum absolute atomic E-state index is 0.00140. The fourth-order valence-corrected chi connectivity index (χ4v) is 5.83. The molecule has 3 rings (SSSR count). The summed E-state index contributed by atoms with van der Waals surface area (Å²) >= 11 is 1.28. The van der Waals surface area contributed by atoms with Crippen LogP contribution in [-0.2, 0) is 14.3 Å². The molecule has 2 aliphatic rings. The van der Waals surface area contributed by atoms with Crippen molar-refractivity contribution in [3.8, 4) is 0 Å². The average Bonchev–Trinajstić information content (AvgIpc) is 3.26. The maximum absolute atomic E-state index is 13.5. The number of carbonyl (C=O) groups is 3. The molecule has 5 nitrogen and oxygen atoms in total. The van der Waals surface area contributed by atoms with Crippen LogP contribution in [-0.4, -0.2) is 45.3 Å². The third-order valence-corrected chi connectivity index (χ3v) is 7.68. The van der Waals surface area contributed by atoms with Crippen LogP contribution in [0.25, 0.3) is 0 Å². The van der Waals surface area contributed by atoms with Crippen LogP contribution >= 0.6 is 11.8 Å². The fraction of sp³-hybridized carbons (Fsp3) is 0.625. The summed E-state index contributed by atoms with van der Waals surface area (Å²) in [6.45, 7) is 10.4. The van der Waals surface area contributed by atoms with Gasteiger partial charge in [-0.1, -0.05) is 55.9 Å². The third kappa shape index (κ3) is 5.08. The average molecular weight is 432 g/mol. The molecule has 6 heteroatoms. The van der Waals surface area contributed by atoms with E-state index in [0.717, 1.165) is 19.3 Å². The number of ether oxygens (including phenoxy) is 1. The summed E-state index contributed by atoms with van der Waals surface area (Å²) in [5.41, 5.74) is -0.0509. The Morgan fingerprint density at radius 2 is 1.77 bits per heavy atom. The van der Waals surface area contributed by atoms with Gasteiger partial charge in [0.1, 0.15) is 11.6 Å². The lowest BCUT2D eigenvalue weighted by molar-refractivity contribution is -0.163. The van der Waals surface area contributed by atoms with Crippen molar-refractivity contribution in [3.05, 3.63) is 35.9 Å². The number of hydrogen-bond donors (Lipinski definition) is 0. The van der Waals surface area contributed by atoms with E-state index < -0.39 is 11.6 Å². The van der Waals surface area contributed by atoms with Crippen molar-refractivity contribution in [2.24, 2.45) is 11.3 Å². The Kier molecular flexibility index (Phi) is 6.66. The minimum atomic E-state index is -0.579. The van der Waals surface area contributed by atoms with E-state index in [0.29, 0.717) is 18.5 Å². The molecule has 3 atom stereocenters. The monoisotopic (exact) mass is 431 g/mol. The van der Waals surface area contributed by atoms with E-state index in [1.165, 1.54) is 11.8 Å². The van der Waals surface area contributed by atoms with Gasteiger partial charge in [-0.2, -0.15) is 0 Å². The summed E-state index contributed by atoms with van der Waals surface area (Å²) in [6, 6.07) is 8.70. The van der Waals surface area contributed by atoms with E-state index >= 15 is 0 Å². The van der Waals surface area contributed by atoms with Crippen LogP contribution in [0.15, 0.2) is 30.3 Å². The van der Waals surface area contributed by atoms with Gasteiger partial charge in [0.05, 0.1) is 5.92 Å². The number of rotatable bonds is 4. The highest BCUT2D eigenvalue weighted by Crippen LogP contribution is 2.49. The van der Waals surface area contributed by atoms with Gasteiger partial charge >= 0.3 is 5.97 Å². The summed E-state index contributed by atoms with van der Waals surface area (Å²) in [4.78, 5) is 40.8. The molecule has 0 aromatic heterocycles. The number of likely N-dealkylation sites (tertiary alicyclic amines) is 1. The number of benzene rings is 1. The highest BCUT2D eigenvalue weighted by molar-refractivity contribution is 8.14. The number of nitrogens with zero attached hydrogens (tertiary/aromatic N) is 1. The van der Waals surface area contributed by atoms with Crippen molar-refractivity contribution in [1.29, 1.82) is 0 Å². The minimum Gasteiger partial charge on any atom is -0.458 e. The Morgan fingerprint density at radius 1 is 1.10 bits per heavy atom. The summed E-state index contributed by atoms with van der Waals surface area (Å²) < 4.78 is 5.56. The second-order valence-corrected chi connectivity index (χ2v) is 11.2. The molecular weight excluding hydrogens is 398 g/mol. The van der Waals surface area contributed by atoms with Crippen LogP contribution in [0, 0.1) is 11.3 Å². The van der Waals surface area contributed by atoms with Gasteiger partial charge in [0, 0.05) is 17.4 Å². The summed E-state index contributed by atoms with van der Waals surface area (Å²) in [7, 11) is 0. The Balaban J connectivity index is 1.76. The van der Waals surface area contributed by atoms with E-state index in [9.17, 15) is 14.4 Å². The molecule has 0 unspecified atom stereocenters. The van der Waals surface area contributed by atoms with Crippen LogP contribution in [0.5, 0.6) is 0 Å². The molecule has 1 aliphatic carbocycles. The van der Waals surface area contributed by atoms with Crippen molar-refractivity contribution in [2.45, 2.75) is 77.2 Å². The fourth-order valence-electron chi connectivity index (χ4n) is 4.48. The standard InChI is InChI=1S/C24H33NO4S/c1-23(2,3)29-21(27)18-12-9-15-25(18)20(26)17-13-14-24(4,5)19(17)30-22(28)16-10-7-6-8-11-16/h6-8,10-11,17-19H,9,12-15H2,1-5H3/t17-,18+,19-/m1/s1. The first-order valence-electron chi connectivity index (χ1n) is 10.8. The van der Waals surface area contributed by atoms with Gasteiger partial charge in [0.2, 0.25) is 11.0 Å². The van der Waals surface area contributed by atoms with Crippen molar-refractivity contribution in [2.75, 3.05) is 6.54 Å². The number of amides is 1. The molecule has 30 heavy (non-hydrogen) atoms. The number of carbonyl (C=O) groups excluding carboxylic acids is 3. The summed E-state index contributed by atoms with van der Waals surface area (Å²) in [5, 5.41) is -0.115. The lowest BCUT2D eigenvalue weighted by Crippen LogP contribution is -2.47. The Labute approximate surface area is 183 Å². The van der Waals surface area contributed by atoms with E-state index in [2.05, 4.69) is 13.8 Å². The predicted octanol–water partition coefficient (Wildman–Crippen LogP) is 4.70. The molecular formula is C24H33NO4S. The van der Waals surface area contributed by atoms with Gasteiger partial charge in [0.15, 0.2) is 0 Å². The lowest BCUT2D eigenvalue weighted by Gasteiger charge is -2.33. The maximum Gasteiger partial charge on any atom is 0.329 e. The topological polar surface area (TPSA) is 63.7 Å². The molecule has 0 spiro atoms. The molecule has 1 aromatic rings. The number of thioether (sulfide) groups is 1. The Bertz CT molecular complexity index is 799. The Morgan fingerprint density at radius 3 is 2.40 bits per heavy atom. The summed E-state index contributed by atoms with van der Waals surface area (Å²) in [6.07, 6.45) is 3.06. The molecule has 0 N–H and O–H groups in total. The normalized spacial score (nSPS) is 25.9. The van der Waals surface area contributed by atoms with Gasteiger partial charge in [-0.05, 0) is 51.9 Å². The van der Waals surface area contributed by atoms with Crippen LogP contribution in [0.4, 0.5) is 0 Å². The zero-order valence-electron chi connectivity index (χ0n) is 18.6. The molecule has 0 bridgehead atoms. The van der Waals surface area contributed by atoms with Gasteiger partial charge in [0.25, 0.3) is 0 Å². The predicted molar refractivity (Wildman–Crippen MR) is 119 cm³/mol. The molecule has 1 amide bonds. The summed E-state index contributed by atoms with van der Waals surface area (Å²) in [5.74, 6) is -0.594. The third-order valence-electron chi connectivity index (χ3n) is 6.01. The van der Waals surface area contributed by atoms with E-state index in [1.54, 1.807) is 4.90 Å². The lowest BCUT2D eigenvalue weighted by atomic mass is 9.89. The molecule has 2 fully saturated rings. The van der Waals surface area contributed by atoms with Crippen molar-refractivity contribution in [3.63, 3.8) is 0 Å². The molecule has 164 valence electrons. The quantitative estimate of drug-likeness (QED) is 0.647. The van der Waals surface area contributed by atoms with Crippen LogP contribution in [0.3, 0.4) is 0 Å². The van der Waals surface area contributed by atoms with Crippen LogP contribution in [0.1, 0.15) is 70.7 Å². The van der Waals surface area contributed by atoms with E-state index in [4.69, 9.17) is 4.74 Å². The molecule has 1 aromatic carbocycles. The molecule has 1 heterocycles. The smallest absolute Gasteiger partial charge is 0.329 e. The SMILES string of the molecule is CC(C)(C)OC(=O)[C@@H]1CCCN1C(=O)[C@@H]1CCC(C)(C)[C@@H]1SC(=O)c1ccccc1. The first kappa shape index (κ1) is 22.9. The van der Waals surface area contributed by atoms with Crippen molar-refractivity contribution in [1.82, 2.24) is 4.90 Å². The highest BCUT2D eigenvalue weighted by atomic mass is 32.2. The van der Waals surface area contributed by atoms with Crippen molar-refractivity contribution >= 4 is 28.8 Å². The second-order valence-electron chi connectivity index (χ2n) is 10.0. The van der Waals surface area contributed by atoms with E-state index in [1.807, 2.05) is 51.1 Å². The van der Waals surface area contributed by atoms with E-state index in [-0.39, 0.29) is 33.6 Å². The van der Waals surface area contributed by atoms with Crippen LogP contribution < -0.4 is 0 Å². The van der Waals surface area contributed by atoms with Gasteiger partial charge in [-0.3, -0.25) is 9.59 Å². The molecule has 1 saturated carbocycles. The number of hydrogen-bond acceptors (Lipinski definition) is 5. The highest BCUT2D eigenvalue weighted by Gasteiger charge is 2.50. The Hall–Kier alpha value is -1.82. The van der Waals surface area contributed by atoms with Gasteiger partial charge in [-0.25, -0.2) is 4.79 Å². The first-order chi connectivity index (χ1) is 14.0. The molecule has 1 saturated heterocycles. The largest absolute Gasteiger partial charge is 0.458 e. The van der Waals surface area contributed by atoms with Crippen LogP contribution in [0.2, 0.25) is 0 Å². The van der Waals surface area contributed by atoms with Gasteiger partial charge in [-0.15, -0.1) is 0 Å². The first-order valence-corrected chi connectivity index (χ1v) is 11.7. The zero-order chi connectivity index (χ0) is 22.1. The molecule has 1 aliphatic heterocycles. The maximum atomic E-state index is 13.5. The molecule has 0 radical (unpaired) electrons.